The predicted octanol–water partition coefficient (Wildman–Crippen LogP) is 3.67. The van der Waals surface area contributed by atoms with Gasteiger partial charge in [-0.3, -0.25) is 5.41 Å². The van der Waals surface area contributed by atoms with Gasteiger partial charge in [-0.1, -0.05) is 6.07 Å². The zero-order valence-corrected chi connectivity index (χ0v) is 11.7. The van der Waals surface area contributed by atoms with E-state index >= 15 is 0 Å². The van der Waals surface area contributed by atoms with Gasteiger partial charge in [-0.15, -0.1) is 11.3 Å². The maximum absolute atomic E-state index is 12.9. The molecule has 0 radical (unpaired) electrons. The minimum absolute atomic E-state index is 0.115. The molecule has 0 aliphatic carbocycles. The Hall–Kier alpha value is -2.02. The maximum Gasteiger partial charge on any atom is 0.417 e. The number of amidine groups is 1. The van der Waals surface area contributed by atoms with E-state index in [1.54, 1.807) is 11.3 Å². The fraction of sp³-hybridized carbons (Fsp3) is 0.214. The zero-order chi connectivity index (χ0) is 15.5. The maximum atomic E-state index is 12.9. The molecule has 0 spiro atoms. The molecular formula is C14H13F3N2OS. The fourth-order valence-corrected chi connectivity index (χ4v) is 2.50. The Bertz CT molecular complexity index is 624. The van der Waals surface area contributed by atoms with E-state index in [9.17, 15) is 13.2 Å². The Morgan fingerprint density at radius 2 is 2.05 bits per heavy atom. The van der Waals surface area contributed by atoms with Crippen molar-refractivity contribution < 1.29 is 17.9 Å². The lowest BCUT2D eigenvalue weighted by Gasteiger charge is -2.14. The third kappa shape index (κ3) is 3.98. The molecule has 0 bridgehead atoms. The smallest absolute Gasteiger partial charge is 0.417 e. The normalized spacial score (nSPS) is 11.4. The Morgan fingerprint density at radius 1 is 1.29 bits per heavy atom. The number of hydrogen-bond donors (Lipinski definition) is 2. The summed E-state index contributed by atoms with van der Waals surface area (Å²) in [6.07, 6.45) is -3.94. The average Bonchev–Trinajstić information content (AvgIpc) is 2.90. The number of hydrogen-bond acceptors (Lipinski definition) is 3. The number of ether oxygens (including phenoxy) is 1. The van der Waals surface area contributed by atoms with Crippen molar-refractivity contribution in [2.45, 2.75) is 12.6 Å². The van der Waals surface area contributed by atoms with E-state index < -0.39 is 17.6 Å². The van der Waals surface area contributed by atoms with E-state index in [1.165, 1.54) is 6.07 Å². The third-order valence-electron chi connectivity index (χ3n) is 2.78. The van der Waals surface area contributed by atoms with Crippen LogP contribution in [0.4, 0.5) is 13.2 Å². The van der Waals surface area contributed by atoms with Crippen LogP contribution in [0.25, 0.3) is 0 Å². The van der Waals surface area contributed by atoms with Gasteiger partial charge in [0.1, 0.15) is 11.6 Å². The molecule has 1 heterocycles. The lowest BCUT2D eigenvalue weighted by molar-refractivity contribution is -0.137. The molecule has 2 aromatic rings. The molecule has 21 heavy (non-hydrogen) atoms. The summed E-state index contributed by atoms with van der Waals surface area (Å²) in [5.74, 6) is -0.503. The monoisotopic (exact) mass is 314 g/mol. The first kappa shape index (κ1) is 15.4. The second-order valence-corrected chi connectivity index (χ2v) is 5.33. The first-order valence-corrected chi connectivity index (χ1v) is 6.96. The van der Waals surface area contributed by atoms with E-state index in [2.05, 4.69) is 0 Å². The molecule has 1 aromatic heterocycles. The van der Waals surface area contributed by atoms with Crippen LogP contribution in [-0.4, -0.2) is 12.4 Å². The van der Waals surface area contributed by atoms with Gasteiger partial charge in [0, 0.05) is 16.9 Å². The summed E-state index contributed by atoms with van der Waals surface area (Å²) in [4.78, 5) is 1.10. The number of halogens is 3. The quantitative estimate of drug-likeness (QED) is 0.653. The molecule has 2 rings (SSSR count). The molecule has 0 amide bonds. The van der Waals surface area contributed by atoms with E-state index in [0.717, 1.165) is 17.0 Å². The molecule has 0 aliphatic heterocycles. The van der Waals surface area contributed by atoms with Gasteiger partial charge in [0.15, 0.2) is 0 Å². The summed E-state index contributed by atoms with van der Waals surface area (Å²) < 4.78 is 44.1. The highest BCUT2D eigenvalue weighted by Crippen LogP contribution is 2.34. The van der Waals surface area contributed by atoms with Gasteiger partial charge in [-0.25, -0.2) is 0 Å². The fourth-order valence-electron chi connectivity index (χ4n) is 1.81. The van der Waals surface area contributed by atoms with Crippen LogP contribution < -0.4 is 10.5 Å². The lowest BCUT2D eigenvalue weighted by atomic mass is 10.1. The van der Waals surface area contributed by atoms with Crippen molar-refractivity contribution in [2.75, 3.05) is 6.61 Å². The van der Waals surface area contributed by atoms with Gasteiger partial charge in [0.25, 0.3) is 0 Å². The molecular weight excluding hydrogens is 301 g/mol. The molecule has 7 heteroatoms. The van der Waals surface area contributed by atoms with E-state index in [-0.39, 0.29) is 17.9 Å². The number of nitrogens with two attached hydrogens (primary N) is 1. The SMILES string of the molecule is N=C(N)c1ccc(OCCc2cccs2)cc1C(F)(F)F. The minimum Gasteiger partial charge on any atom is -0.493 e. The van der Waals surface area contributed by atoms with Crippen LogP contribution in [0.3, 0.4) is 0 Å². The Kier molecular flexibility index (Phi) is 4.52. The van der Waals surface area contributed by atoms with Crippen LogP contribution in [0.5, 0.6) is 5.75 Å². The molecule has 112 valence electrons. The van der Waals surface area contributed by atoms with E-state index in [0.29, 0.717) is 6.42 Å². The van der Waals surface area contributed by atoms with Crippen molar-refractivity contribution in [1.82, 2.24) is 0 Å². The summed E-state index contributed by atoms with van der Waals surface area (Å²) in [5, 5.41) is 9.13. The highest BCUT2D eigenvalue weighted by Gasteiger charge is 2.34. The van der Waals surface area contributed by atoms with Crippen molar-refractivity contribution in [3.8, 4) is 5.75 Å². The second kappa shape index (κ2) is 6.17. The standard InChI is InChI=1S/C14H13F3N2OS/c15-14(16,17)12-8-9(3-4-11(12)13(18)19)20-6-5-10-2-1-7-21-10/h1-4,7-8H,5-6H2,(H3,18,19). The van der Waals surface area contributed by atoms with Gasteiger partial charge in [-0.2, -0.15) is 13.2 Å². The number of alkyl halides is 3. The summed E-state index contributed by atoms with van der Waals surface area (Å²) in [6.45, 7) is 0.289. The number of nitrogen functional groups attached to an aromatic ring is 1. The van der Waals surface area contributed by atoms with Crippen molar-refractivity contribution in [3.63, 3.8) is 0 Å². The average molecular weight is 314 g/mol. The summed E-state index contributed by atoms with van der Waals surface area (Å²) in [5.41, 5.74) is 3.87. The van der Waals surface area contributed by atoms with Crippen LogP contribution in [0.1, 0.15) is 16.0 Å². The highest BCUT2D eigenvalue weighted by atomic mass is 32.1. The number of thiophene rings is 1. The van der Waals surface area contributed by atoms with Crippen LogP contribution in [0.2, 0.25) is 0 Å². The van der Waals surface area contributed by atoms with E-state index in [4.69, 9.17) is 15.9 Å². The molecule has 0 fully saturated rings. The first-order chi connectivity index (χ1) is 9.88. The van der Waals surface area contributed by atoms with Gasteiger partial charge in [0.2, 0.25) is 0 Å². The van der Waals surface area contributed by atoms with Crippen LogP contribution in [-0.2, 0) is 12.6 Å². The molecule has 0 aliphatic rings. The second-order valence-electron chi connectivity index (χ2n) is 4.30. The Labute approximate surface area is 123 Å². The first-order valence-electron chi connectivity index (χ1n) is 6.09. The molecule has 3 N–H and O–H groups in total. The van der Waals surface area contributed by atoms with Crippen LogP contribution in [0.15, 0.2) is 35.7 Å². The van der Waals surface area contributed by atoms with Crippen LogP contribution in [0, 0.1) is 5.41 Å². The summed E-state index contributed by atoms with van der Waals surface area (Å²) in [7, 11) is 0. The largest absolute Gasteiger partial charge is 0.493 e. The Balaban J connectivity index is 2.12. The number of benzene rings is 1. The van der Waals surface area contributed by atoms with Crippen molar-refractivity contribution in [3.05, 3.63) is 51.7 Å². The molecule has 1 aromatic carbocycles. The highest BCUT2D eigenvalue weighted by molar-refractivity contribution is 7.09. The Morgan fingerprint density at radius 3 is 2.62 bits per heavy atom. The van der Waals surface area contributed by atoms with Gasteiger partial charge in [-0.05, 0) is 29.6 Å². The molecule has 0 unspecified atom stereocenters. The molecule has 0 saturated carbocycles. The van der Waals surface area contributed by atoms with Gasteiger partial charge in [0.05, 0.1) is 12.2 Å². The van der Waals surface area contributed by atoms with Crippen molar-refractivity contribution in [2.24, 2.45) is 5.73 Å². The van der Waals surface area contributed by atoms with Gasteiger partial charge >= 0.3 is 6.18 Å². The number of rotatable bonds is 5. The van der Waals surface area contributed by atoms with Crippen molar-refractivity contribution in [1.29, 1.82) is 5.41 Å². The predicted molar refractivity (Wildman–Crippen MR) is 76.0 cm³/mol. The molecule has 3 nitrogen and oxygen atoms in total. The summed E-state index contributed by atoms with van der Waals surface area (Å²) in [6, 6.07) is 7.27. The zero-order valence-electron chi connectivity index (χ0n) is 10.9. The minimum atomic E-state index is -4.58. The van der Waals surface area contributed by atoms with E-state index in [1.807, 2.05) is 17.5 Å². The molecule has 0 atom stereocenters. The van der Waals surface area contributed by atoms with Crippen LogP contribution >= 0.6 is 11.3 Å². The van der Waals surface area contributed by atoms with Crippen molar-refractivity contribution >= 4 is 17.2 Å². The number of nitrogens with one attached hydrogen (secondary N) is 1. The molecule has 0 saturated heterocycles. The van der Waals surface area contributed by atoms with Gasteiger partial charge < -0.3 is 10.5 Å². The lowest BCUT2D eigenvalue weighted by Crippen LogP contribution is -2.19. The third-order valence-corrected chi connectivity index (χ3v) is 3.72. The topological polar surface area (TPSA) is 59.1 Å². The summed E-state index contributed by atoms with van der Waals surface area (Å²) >= 11 is 1.57.